The smallest absolute Gasteiger partial charge is 0.253 e. The van der Waals surface area contributed by atoms with Crippen molar-refractivity contribution in [2.24, 2.45) is 0 Å². The molecule has 0 aromatic heterocycles. The van der Waals surface area contributed by atoms with E-state index in [0.717, 1.165) is 63.1 Å². The molecule has 1 saturated heterocycles. The van der Waals surface area contributed by atoms with Crippen LogP contribution in [-0.4, -0.2) is 67.5 Å². The Bertz CT molecular complexity index is 1110. The number of ether oxygens (including phenoxy) is 1. The maximum atomic E-state index is 13.1. The van der Waals surface area contributed by atoms with Crippen LogP contribution in [-0.2, 0) is 16.0 Å². The highest BCUT2D eigenvalue weighted by Crippen LogP contribution is 2.32. The number of piperidine rings is 1. The van der Waals surface area contributed by atoms with Crippen LogP contribution in [0.15, 0.2) is 48.5 Å². The van der Waals surface area contributed by atoms with Crippen LogP contribution in [0.1, 0.15) is 68.3 Å². The summed E-state index contributed by atoms with van der Waals surface area (Å²) in [6.45, 7) is 7.08. The number of nitrogens with zero attached hydrogens (tertiary/aromatic N) is 2. The number of likely N-dealkylation sites (tertiary alicyclic amines) is 1. The standard InChI is InChI=1S/C31H42N4O4/c1-3-7-26(33-23(2)36)22-32-18-6-21-39-28-13-10-25(11-14-28)31(38)34-19-16-27(17-20-34)35-29-9-5-4-8-24(29)12-15-30(35)37/h4-5,8-11,13-14,26-27,32H,3,6-7,12,15-22H2,1-2H3,(H,33,36). The average molecular weight is 535 g/mol. The van der Waals surface area contributed by atoms with Crippen LogP contribution in [0.25, 0.3) is 0 Å². The van der Waals surface area contributed by atoms with E-state index in [-0.39, 0.29) is 29.8 Å². The van der Waals surface area contributed by atoms with E-state index in [1.165, 1.54) is 5.56 Å². The second-order valence-corrected chi connectivity index (χ2v) is 10.5. The number of amides is 3. The summed E-state index contributed by atoms with van der Waals surface area (Å²) in [6.07, 6.45) is 5.76. The number of fused-ring (bicyclic) bond motifs is 1. The van der Waals surface area contributed by atoms with Crippen molar-refractivity contribution < 1.29 is 19.1 Å². The maximum absolute atomic E-state index is 13.1. The molecule has 2 heterocycles. The Balaban J connectivity index is 1.19. The molecule has 1 unspecified atom stereocenters. The fourth-order valence-electron chi connectivity index (χ4n) is 5.58. The molecule has 2 aromatic rings. The lowest BCUT2D eigenvalue weighted by atomic mass is 9.95. The summed E-state index contributed by atoms with van der Waals surface area (Å²) in [5.74, 6) is 0.964. The van der Waals surface area contributed by atoms with Gasteiger partial charge in [-0.05, 0) is 74.5 Å². The van der Waals surface area contributed by atoms with Crippen LogP contribution >= 0.6 is 0 Å². The first-order valence-corrected chi connectivity index (χ1v) is 14.4. The van der Waals surface area contributed by atoms with E-state index in [0.29, 0.717) is 31.7 Å². The van der Waals surface area contributed by atoms with E-state index >= 15 is 0 Å². The average Bonchev–Trinajstić information content (AvgIpc) is 2.95. The quantitative estimate of drug-likeness (QED) is 0.403. The Morgan fingerprint density at radius 3 is 2.51 bits per heavy atom. The number of nitrogens with one attached hydrogen (secondary N) is 2. The van der Waals surface area contributed by atoms with Crippen LogP contribution in [0.2, 0.25) is 0 Å². The second-order valence-electron chi connectivity index (χ2n) is 10.5. The molecule has 8 nitrogen and oxygen atoms in total. The van der Waals surface area contributed by atoms with Crippen LogP contribution in [0.4, 0.5) is 5.69 Å². The van der Waals surface area contributed by atoms with Gasteiger partial charge < -0.3 is 25.2 Å². The fraction of sp³-hybridized carbons (Fsp3) is 0.516. The molecule has 0 saturated carbocycles. The van der Waals surface area contributed by atoms with Crippen molar-refractivity contribution in [3.8, 4) is 5.75 Å². The van der Waals surface area contributed by atoms with E-state index in [9.17, 15) is 14.4 Å². The van der Waals surface area contributed by atoms with Crippen molar-refractivity contribution >= 4 is 23.4 Å². The number of para-hydroxylation sites is 1. The summed E-state index contributed by atoms with van der Waals surface area (Å²) in [4.78, 5) is 41.1. The zero-order valence-corrected chi connectivity index (χ0v) is 23.3. The van der Waals surface area contributed by atoms with E-state index in [2.05, 4.69) is 23.6 Å². The van der Waals surface area contributed by atoms with Crippen LogP contribution in [0.5, 0.6) is 5.75 Å². The van der Waals surface area contributed by atoms with Crippen molar-refractivity contribution in [3.63, 3.8) is 0 Å². The van der Waals surface area contributed by atoms with Gasteiger partial charge in [0, 0.05) is 56.3 Å². The first-order chi connectivity index (χ1) is 19.0. The topological polar surface area (TPSA) is 91.0 Å². The van der Waals surface area contributed by atoms with Crippen molar-refractivity contribution in [2.45, 2.75) is 70.9 Å². The van der Waals surface area contributed by atoms with E-state index in [1.54, 1.807) is 6.92 Å². The Morgan fingerprint density at radius 2 is 1.79 bits per heavy atom. The summed E-state index contributed by atoms with van der Waals surface area (Å²) in [5, 5.41) is 6.37. The number of carbonyl (C=O) groups excluding carboxylic acids is 3. The third-order valence-corrected chi connectivity index (χ3v) is 7.55. The first-order valence-electron chi connectivity index (χ1n) is 14.4. The molecule has 2 N–H and O–H groups in total. The summed E-state index contributed by atoms with van der Waals surface area (Å²) in [6, 6.07) is 15.8. The largest absolute Gasteiger partial charge is 0.494 e. The molecule has 2 aliphatic heterocycles. The van der Waals surface area contributed by atoms with Crippen molar-refractivity contribution in [1.29, 1.82) is 0 Å². The highest BCUT2D eigenvalue weighted by molar-refractivity contribution is 5.97. The first kappa shape index (κ1) is 28.6. The van der Waals surface area contributed by atoms with E-state index in [1.807, 2.05) is 52.3 Å². The summed E-state index contributed by atoms with van der Waals surface area (Å²) in [5.41, 5.74) is 2.93. The van der Waals surface area contributed by atoms with Gasteiger partial charge in [-0.2, -0.15) is 0 Å². The fourth-order valence-corrected chi connectivity index (χ4v) is 5.58. The van der Waals surface area contributed by atoms with E-state index < -0.39 is 0 Å². The van der Waals surface area contributed by atoms with Gasteiger partial charge in [0.25, 0.3) is 5.91 Å². The minimum atomic E-state index is 0.00471. The molecule has 0 bridgehead atoms. The molecule has 4 rings (SSSR count). The zero-order valence-electron chi connectivity index (χ0n) is 23.3. The predicted octanol–water partition coefficient (Wildman–Crippen LogP) is 3.93. The Labute approximate surface area is 232 Å². The normalized spacial score (nSPS) is 16.5. The Kier molecular flexibility index (Phi) is 10.4. The van der Waals surface area contributed by atoms with Gasteiger partial charge in [0.1, 0.15) is 5.75 Å². The number of benzene rings is 2. The number of hydrogen-bond donors (Lipinski definition) is 2. The van der Waals surface area contributed by atoms with Crippen LogP contribution in [0.3, 0.4) is 0 Å². The van der Waals surface area contributed by atoms with Gasteiger partial charge in [0.2, 0.25) is 11.8 Å². The third-order valence-electron chi connectivity index (χ3n) is 7.55. The molecule has 1 fully saturated rings. The molecule has 1 atom stereocenters. The lowest BCUT2D eigenvalue weighted by Gasteiger charge is -2.41. The van der Waals surface area contributed by atoms with Crippen LogP contribution < -0.4 is 20.3 Å². The highest BCUT2D eigenvalue weighted by Gasteiger charge is 2.33. The Morgan fingerprint density at radius 1 is 1.05 bits per heavy atom. The van der Waals surface area contributed by atoms with Gasteiger partial charge in [0.15, 0.2) is 0 Å². The molecule has 210 valence electrons. The minimum absolute atomic E-state index is 0.00471. The summed E-state index contributed by atoms with van der Waals surface area (Å²) >= 11 is 0. The van der Waals surface area contributed by atoms with Gasteiger partial charge in [-0.3, -0.25) is 14.4 Å². The monoisotopic (exact) mass is 534 g/mol. The predicted molar refractivity (Wildman–Crippen MR) is 153 cm³/mol. The molecular weight excluding hydrogens is 492 g/mol. The van der Waals surface area contributed by atoms with E-state index in [4.69, 9.17) is 4.74 Å². The van der Waals surface area contributed by atoms with Gasteiger partial charge >= 0.3 is 0 Å². The van der Waals surface area contributed by atoms with Gasteiger partial charge in [-0.25, -0.2) is 0 Å². The highest BCUT2D eigenvalue weighted by atomic mass is 16.5. The van der Waals surface area contributed by atoms with Crippen molar-refractivity contribution in [3.05, 3.63) is 59.7 Å². The zero-order chi connectivity index (χ0) is 27.6. The summed E-state index contributed by atoms with van der Waals surface area (Å²) in [7, 11) is 0. The molecule has 0 radical (unpaired) electrons. The SMILES string of the molecule is CCCC(CNCCCOc1ccc(C(=O)N2CCC(N3C(=O)CCc4ccccc43)CC2)cc1)NC(C)=O. The van der Waals surface area contributed by atoms with Crippen molar-refractivity contribution in [2.75, 3.05) is 37.7 Å². The van der Waals surface area contributed by atoms with Gasteiger partial charge in [-0.15, -0.1) is 0 Å². The number of hydrogen-bond acceptors (Lipinski definition) is 5. The molecular formula is C31H42N4O4. The number of carbonyl (C=O) groups is 3. The summed E-state index contributed by atoms with van der Waals surface area (Å²) < 4.78 is 5.85. The van der Waals surface area contributed by atoms with Gasteiger partial charge in [0.05, 0.1) is 6.61 Å². The molecule has 8 heteroatoms. The minimum Gasteiger partial charge on any atom is -0.494 e. The van der Waals surface area contributed by atoms with Crippen LogP contribution in [0, 0.1) is 0 Å². The second kappa shape index (κ2) is 14.1. The molecule has 3 amide bonds. The molecule has 2 aliphatic rings. The molecule has 0 spiro atoms. The number of aryl methyl sites for hydroxylation is 1. The Hall–Kier alpha value is -3.39. The lowest BCUT2D eigenvalue weighted by Crippen LogP contribution is -2.50. The number of rotatable bonds is 12. The molecule has 39 heavy (non-hydrogen) atoms. The molecule has 2 aromatic carbocycles. The lowest BCUT2D eigenvalue weighted by molar-refractivity contribution is -0.120. The molecule has 0 aliphatic carbocycles. The van der Waals surface area contributed by atoms with Gasteiger partial charge in [-0.1, -0.05) is 31.5 Å². The number of anilines is 1. The third kappa shape index (κ3) is 7.82. The maximum Gasteiger partial charge on any atom is 0.253 e. The van der Waals surface area contributed by atoms with Crippen molar-refractivity contribution in [1.82, 2.24) is 15.5 Å².